The van der Waals surface area contributed by atoms with Gasteiger partial charge in [0.1, 0.15) is 6.54 Å². The lowest BCUT2D eigenvalue weighted by Crippen LogP contribution is -2.34. The second kappa shape index (κ2) is 9.90. The number of carbonyl (C=O) groups excluding carboxylic acids is 3. The number of ether oxygens (including phenoxy) is 1. The summed E-state index contributed by atoms with van der Waals surface area (Å²) in [6.07, 6.45) is 0. The van der Waals surface area contributed by atoms with Gasteiger partial charge in [0.05, 0.1) is 0 Å². The summed E-state index contributed by atoms with van der Waals surface area (Å²) in [4.78, 5) is 37.4. The molecule has 0 unspecified atom stereocenters. The third-order valence-corrected chi connectivity index (χ3v) is 4.49. The zero-order valence-electron chi connectivity index (χ0n) is 16.1. The van der Waals surface area contributed by atoms with Gasteiger partial charge in [0.15, 0.2) is 6.61 Å². The molecule has 2 aromatic carbocycles. The van der Waals surface area contributed by atoms with Gasteiger partial charge in [0.25, 0.3) is 11.8 Å². The van der Waals surface area contributed by atoms with Crippen molar-refractivity contribution in [2.24, 2.45) is 0 Å². The van der Waals surface area contributed by atoms with Gasteiger partial charge >= 0.3 is 5.97 Å². The summed E-state index contributed by atoms with van der Waals surface area (Å²) >= 11 is 5.92. The standard InChI is InChI=1S/C21H23ClN2O4/c1-14-7-8-17(9-15(14)2)21(27)23-11-20(26)28-13-19(25)24(3)12-16-5-4-6-18(22)10-16/h4-10H,11-13H2,1-3H3,(H,23,27). The fraction of sp³-hybridized carbons (Fsp3) is 0.286. The van der Waals surface area contributed by atoms with E-state index in [9.17, 15) is 14.4 Å². The van der Waals surface area contributed by atoms with E-state index in [1.165, 1.54) is 4.90 Å². The molecular formula is C21H23ClN2O4. The number of amides is 2. The Bertz CT molecular complexity index is 882. The minimum Gasteiger partial charge on any atom is -0.454 e. The van der Waals surface area contributed by atoms with E-state index in [0.29, 0.717) is 17.1 Å². The van der Waals surface area contributed by atoms with Gasteiger partial charge in [-0.25, -0.2) is 0 Å². The molecule has 0 aliphatic carbocycles. The molecule has 0 atom stereocenters. The number of hydrogen-bond donors (Lipinski definition) is 1. The van der Waals surface area contributed by atoms with Gasteiger partial charge < -0.3 is 15.0 Å². The zero-order valence-corrected chi connectivity index (χ0v) is 16.9. The molecule has 0 saturated carbocycles. The Morgan fingerprint density at radius 3 is 2.50 bits per heavy atom. The van der Waals surface area contributed by atoms with E-state index in [2.05, 4.69) is 5.32 Å². The minimum absolute atomic E-state index is 0.308. The summed E-state index contributed by atoms with van der Waals surface area (Å²) < 4.78 is 4.94. The topological polar surface area (TPSA) is 75.7 Å². The predicted octanol–water partition coefficient (Wildman–Crippen LogP) is 2.89. The van der Waals surface area contributed by atoms with Crippen LogP contribution in [0.25, 0.3) is 0 Å². The van der Waals surface area contributed by atoms with Crippen molar-refractivity contribution < 1.29 is 19.1 Å². The van der Waals surface area contributed by atoms with Crippen LogP contribution in [0.1, 0.15) is 27.0 Å². The summed E-state index contributed by atoms with van der Waals surface area (Å²) in [5.41, 5.74) is 3.41. The molecule has 0 saturated heterocycles. The molecule has 0 heterocycles. The van der Waals surface area contributed by atoms with Gasteiger partial charge in [0, 0.05) is 24.2 Å². The van der Waals surface area contributed by atoms with E-state index >= 15 is 0 Å². The molecule has 0 aliphatic rings. The first-order valence-corrected chi connectivity index (χ1v) is 9.13. The van der Waals surface area contributed by atoms with Crippen LogP contribution in [0.4, 0.5) is 0 Å². The molecule has 0 fully saturated rings. The van der Waals surface area contributed by atoms with E-state index in [0.717, 1.165) is 16.7 Å². The lowest BCUT2D eigenvalue weighted by molar-refractivity contribution is -0.150. The van der Waals surface area contributed by atoms with E-state index in [1.807, 2.05) is 26.0 Å². The number of benzene rings is 2. The highest BCUT2D eigenvalue weighted by molar-refractivity contribution is 6.30. The molecule has 6 nitrogen and oxygen atoms in total. The van der Waals surface area contributed by atoms with Gasteiger partial charge in [-0.1, -0.05) is 29.8 Å². The number of nitrogens with zero attached hydrogens (tertiary/aromatic N) is 1. The fourth-order valence-corrected chi connectivity index (χ4v) is 2.65. The number of hydrogen-bond acceptors (Lipinski definition) is 4. The Labute approximate surface area is 169 Å². The van der Waals surface area contributed by atoms with E-state index in [1.54, 1.807) is 37.4 Å². The highest BCUT2D eigenvalue weighted by Gasteiger charge is 2.14. The Balaban J connectivity index is 1.75. The summed E-state index contributed by atoms with van der Waals surface area (Å²) in [5, 5.41) is 3.08. The molecule has 148 valence electrons. The highest BCUT2D eigenvalue weighted by atomic mass is 35.5. The van der Waals surface area contributed by atoms with Crippen molar-refractivity contribution in [3.05, 3.63) is 69.7 Å². The monoisotopic (exact) mass is 402 g/mol. The second-order valence-corrected chi connectivity index (χ2v) is 6.96. The van der Waals surface area contributed by atoms with Crippen molar-refractivity contribution in [2.75, 3.05) is 20.2 Å². The highest BCUT2D eigenvalue weighted by Crippen LogP contribution is 2.12. The van der Waals surface area contributed by atoms with E-state index in [-0.39, 0.29) is 18.4 Å². The quantitative estimate of drug-likeness (QED) is 0.722. The molecule has 2 aromatic rings. The summed E-state index contributed by atoms with van der Waals surface area (Å²) in [6.45, 7) is 3.51. The van der Waals surface area contributed by atoms with Gasteiger partial charge in [-0.2, -0.15) is 0 Å². The molecule has 0 aliphatic heterocycles. The minimum atomic E-state index is -0.679. The molecule has 2 rings (SSSR count). The van der Waals surface area contributed by atoms with Crippen molar-refractivity contribution in [3.8, 4) is 0 Å². The van der Waals surface area contributed by atoms with Crippen molar-refractivity contribution in [1.82, 2.24) is 10.2 Å². The van der Waals surface area contributed by atoms with Crippen LogP contribution < -0.4 is 5.32 Å². The number of aryl methyl sites for hydroxylation is 2. The first-order valence-electron chi connectivity index (χ1n) is 8.75. The molecule has 1 N–H and O–H groups in total. The van der Waals surface area contributed by atoms with E-state index in [4.69, 9.17) is 16.3 Å². The molecule has 0 spiro atoms. The number of esters is 1. The van der Waals surface area contributed by atoms with Gasteiger partial charge in [-0.15, -0.1) is 0 Å². The molecule has 0 bridgehead atoms. The maximum absolute atomic E-state index is 12.1. The Kier molecular flexibility index (Phi) is 7.58. The Morgan fingerprint density at radius 1 is 1.07 bits per heavy atom. The van der Waals surface area contributed by atoms with Crippen LogP contribution in [0, 0.1) is 13.8 Å². The lowest BCUT2D eigenvalue weighted by atomic mass is 10.1. The van der Waals surface area contributed by atoms with Crippen LogP contribution in [0.2, 0.25) is 5.02 Å². The summed E-state index contributed by atoms with van der Waals surface area (Å²) in [7, 11) is 1.61. The molecule has 0 radical (unpaired) electrons. The van der Waals surface area contributed by atoms with Crippen LogP contribution in [0.15, 0.2) is 42.5 Å². The first-order chi connectivity index (χ1) is 13.3. The first kappa shape index (κ1) is 21.4. The van der Waals surface area contributed by atoms with Crippen LogP contribution in [-0.4, -0.2) is 42.9 Å². The summed E-state index contributed by atoms with van der Waals surface area (Å²) in [5.74, 6) is -1.40. The fourth-order valence-electron chi connectivity index (χ4n) is 2.44. The van der Waals surface area contributed by atoms with Crippen molar-refractivity contribution >= 4 is 29.4 Å². The Hall–Kier alpha value is -2.86. The maximum atomic E-state index is 12.1. The average molecular weight is 403 g/mol. The van der Waals surface area contributed by atoms with Gasteiger partial charge in [-0.05, 0) is 54.8 Å². The molecule has 28 heavy (non-hydrogen) atoms. The average Bonchev–Trinajstić information content (AvgIpc) is 2.66. The predicted molar refractivity (Wildman–Crippen MR) is 107 cm³/mol. The van der Waals surface area contributed by atoms with Crippen LogP contribution in [-0.2, 0) is 20.9 Å². The largest absolute Gasteiger partial charge is 0.454 e. The SMILES string of the molecule is Cc1ccc(C(=O)NCC(=O)OCC(=O)N(C)Cc2cccc(Cl)c2)cc1C. The van der Waals surface area contributed by atoms with Gasteiger partial charge in [0.2, 0.25) is 0 Å². The third-order valence-electron chi connectivity index (χ3n) is 4.25. The van der Waals surface area contributed by atoms with E-state index < -0.39 is 12.6 Å². The van der Waals surface area contributed by atoms with Crippen LogP contribution >= 0.6 is 11.6 Å². The number of nitrogens with one attached hydrogen (secondary N) is 1. The molecule has 2 amide bonds. The number of halogens is 1. The molecule has 7 heteroatoms. The van der Waals surface area contributed by atoms with Crippen molar-refractivity contribution in [3.63, 3.8) is 0 Å². The molecule has 0 aromatic heterocycles. The normalized spacial score (nSPS) is 10.3. The van der Waals surface area contributed by atoms with Crippen molar-refractivity contribution in [2.45, 2.75) is 20.4 Å². The smallest absolute Gasteiger partial charge is 0.325 e. The molecular weight excluding hydrogens is 380 g/mol. The number of rotatable bonds is 7. The van der Waals surface area contributed by atoms with Gasteiger partial charge in [-0.3, -0.25) is 14.4 Å². The second-order valence-electron chi connectivity index (χ2n) is 6.52. The summed E-state index contributed by atoms with van der Waals surface area (Å²) in [6, 6.07) is 12.5. The number of likely N-dealkylation sites (N-methyl/N-ethyl adjacent to an activating group) is 1. The maximum Gasteiger partial charge on any atom is 0.325 e. The lowest BCUT2D eigenvalue weighted by Gasteiger charge is -2.17. The van der Waals surface area contributed by atoms with Crippen molar-refractivity contribution in [1.29, 1.82) is 0 Å². The third kappa shape index (κ3) is 6.39. The zero-order chi connectivity index (χ0) is 20.7. The Morgan fingerprint density at radius 2 is 1.82 bits per heavy atom. The van der Waals surface area contributed by atoms with Crippen LogP contribution in [0.5, 0.6) is 0 Å². The van der Waals surface area contributed by atoms with Crippen LogP contribution in [0.3, 0.4) is 0 Å². The number of carbonyl (C=O) groups is 3.